The zero-order valence-electron chi connectivity index (χ0n) is 14.1. The predicted octanol–water partition coefficient (Wildman–Crippen LogP) is 2.68. The summed E-state index contributed by atoms with van der Waals surface area (Å²) in [7, 11) is -3.79. The van der Waals surface area contributed by atoms with Gasteiger partial charge < -0.3 is 0 Å². The van der Waals surface area contributed by atoms with Crippen LogP contribution in [0.25, 0.3) is 0 Å². The average Bonchev–Trinajstić information content (AvgIpc) is 3.08. The molecule has 7 nitrogen and oxygen atoms in total. The number of hydrogen-bond acceptors (Lipinski definition) is 7. The monoisotopic (exact) mass is 390 g/mol. The molecule has 0 aliphatic carbocycles. The number of thioether (sulfide) groups is 1. The largest absolute Gasteiger partial charge is 0.297 e. The van der Waals surface area contributed by atoms with Gasteiger partial charge in [0.2, 0.25) is 5.16 Å². The SMILES string of the molecule is Cc1ccc(S(=O)(=O)OCCn2nnnc2SCc2ccccc2)cc1. The number of hydrogen-bond donors (Lipinski definition) is 0. The lowest BCUT2D eigenvalue weighted by Crippen LogP contribution is -2.13. The smallest absolute Gasteiger partial charge is 0.264 e. The Hall–Kier alpha value is -2.23. The van der Waals surface area contributed by atoms with Gasteiger partial charge in [-0.2, -0.15) is 8.42 Å². The molecule has 3 rings (SSSR count). The summed E-state index contributed by atoms with van der Waals surface area (Å²) in [5.41, 5.74) is 2.14. The van der Waals surface area contributed by atoms with E-state index in [9.17, 15) is 8.42 Å². The van der Waals surface area contributed by atoms with E-state index in [4.69, 9.17) is 4.18 Å². The van der Waals surface area contributed by atoms with Gasteiger partial charge >= 0.3 is 0 Å². The van der Waals surface area contributed by atoms with Crippen LogP contribution in [-0.4, -0.2) is 35.2 Å². The standard InChI is InChI=1S/C17H18N4O3S2/c1-14-7-9-16(10-8-14)26(22,23)24-12-11-21-17(18-19-20-21)25-13-15-5-3-2-4-6-15/h2-10H,11-13H2,1H3. The van der Waals surface area contributed by atoms with Crippen molar-refractivity contribution < 1.29 is 12.6 Å². The molecule has 0 aliphatic heterocycles. The van der Waals surface area contributed by atoms with Crippen molar-refractivity contribution >= 4 is 21.9 Å². The molecule has 2 aromatic carbocycles. The van der Waals surface area contributed by atoms with E-state index < -0.39 is 10.1 Å². The van der Waals surface area contributed by atoms with E-state index in [1.165, 1.54) is 28.6 Å². The zero-order chi connectivity index (χ0) is 18.4. The Labute approximate surface area is 156 Å². The van der Waals surface area contributed by atoms with E-state index in [1.54, 1.807) is 12.1 Å². The van der Waals surface area contributed by atoms with E-state index in [0.29, 0.717) is 5.16 Å². The second-order valence-electron chi connectivity index (χ2n) is 5.55. The number of aromatic nitrogens is 4. The highest BCUT2D eigenvalue weighted by Crippen LogP contribution is 2.20. The summed E-state index contributed by atoms with van der Waals surface area (Å²) in [6.07, 6.45) is 0. The van der Waals surface area contributed by atoms with Crippen LogP contribution in [-0.2, 0) is 26.6 Å². The average molecular weight is 390 g/mol. The molecule has 0 spiro atoms. The molecule has 0 fully saturated rings. The van der Waals surface area contributed by atoms with Crippen LogP contribution < -0.4 is 0 Å². The Morgan fingerprint density at radius 1 is 1.08 bits per heavy atom. The summed E-state index contributed by atoms with van der Waals surface area (Å²) < 4.78 is 31.0. The highest BCUT2D eigenvalue weighted by molar-refractivity contribution is 7.98. The van der Waals surface area contributed by atoms with Gasteiger partial charge in [-0.25, -0.2) is 4.68 Å². The fourth-order valence-corrected chi connectivity index (χ4v) is 3.93. The van der Waals surface area contributed by atoms with Gasteiger partial charge in [0.1, 0.15) is 0 Å². The van der Waals surface area contributed by atoms with Crippen molar-refractivity contribution in [3.8, 4) is 0 Å². The molecule has 0 N–H and O–H groups in total. The Morgan fingerprint density at radius 2 is 1.81 bits per heavy atom. The first-order valence-electron chi connectivity index (χ1n) is 7.93. The molecule has 0 atom stereocenters. The first-order chi connectivity index (χ1) is 12.5. The van der Waals surface area contributed by atoms with E-state index >= 15 is 0 Å². The van der Waals surface area contributed by atoms with Gasteiger partial charge in [0.25, 0.3) is 10.1 Å². The topological polar surface area (TPSA) is 87.0 Å². The molecule has 0 aliphatic rings. The Morgan fingerprint density at radius 3 is 2.54 bits per heavy atom. The third-order valence-corrected chi connectivity index (χ3v) is 5.92. The van der Waals surface area contributed by atoms with Crippen molar-refractivity contribution in [2.75, 3.05) is 6.61 Å². The lowest BCUT2D eigenvalue weighted by molar-refractivity contribution is 0.287. The van der Waals surface area contributed by atoms with Crippen molar-refractivity contribution in [2.45, 2.75) is 29.3 Å². The highest BCUT2D eigenvalue weighted by Gasteiger charge is 2.15. The van der Waals surface area contributed by atoms with Gasteiger partial charge in [-0.3, -0.25) is 4.18 Å². The van der Waals surface area contributed by atoms with E-state index in [-0.39, 0.29) is 18.0 Å². The van der Waals surface area contributed by atoms with Crippen molar-refractivity contribution in [1.82, 2.24) is 20.2 Å². The van der Waals surface area contributed by atoms with Gasteiger partial charge in [0.15, 0.2) is 0 Å². The van der Waals surface area contributed by atoms with Crippen LogP contribution in [0, 0.1) is 6.92 Å². The molecule has 0 amide bonds. The molecule has 3 aromatic rings. The third kappa shape index (κ3) is 4.90. The number of tetrazole rings is 1. The second-order valence-corrected chi connectivity index (χ2v) is 8.11. The molecule has 0 bridgehead atoms. The first-order valence-corrected chi connectivity index (χ1v) is 10.3. The number of benzene rings is 2. The summed E-state index contributed by atoms with van der Waals surface area (Å²) >= 11 is 1.48. The number of nitrogens with zero attached hydrogens (tertiary/aromatic N) is 4. The Kier molecular flexibility index (Phi) is 6.02. The van der Waals surface area contributed by atoms with Crippen LogP contribution in [0.15, 0.2) is 64.6 Å². The van der Waals surface area contributed by atoms with Crippen LogP contribution in [0.5, 0.6) is 0 Å². The van der Waals surface area contributed by atoms with Gasteiger partial charge in [-0.05, 0) is 35.0 Å². The van der Waals surface area contributed by atoms with Crippen LogP contribution in [0.4, 0.5) is 0 Å². The summed E-state index contributed by atoms with van der Waals surface area (Å²) in [5.74, 6) is 0.726. The minimum atomic E-state index is -3.79. The third-order valence-electron chi connectivity index (χ3n) is 3.56. The van der Waals surface area contributed by atoms with Crippen LogP contribution in [0.3, 0.4) is 0 Å². The fraction of sp³-hybridized carbons (Fsp3) is 0.235. The number of aryl methyl sites for hydroxylation is 1. The molecule has 1 aromatic heterocycles. The lowest BCUT2D eigenvalue weighted by atomic mass is 10.2. The molecule has 0 radical (unpaired) electrons. The molecule has 26 heavy (non-hydrogen) atoms. The maximum atomic E-state index is 12.2. The van der Waals surface area contributed by atoms with E-state index in [0.717, 1.165) is 16.9 Å². The van der Waals surface area contributed by atoms with Gasteiger partial charge in [0, 0.05) is 5.75 Å². The summed E-state index contributed by atoms with van der Waals surface area (Å²) in [6.45, 7) is 2.10. The normalized spacial score (nSPS) is 11.6. The summed E-state index contributed by atoms with van der Waals surface area (Å²) in [5, 5.41) is 12.1. The predicted molar refractivity (Wildman–Crippen MR) is 98.1 cm³/mol. The second kappa shape index (κ2) is 8.43. The Bertz CT molecular complexity index is 942. The van der Waals surface area contributed by atoms with Crippen LogP contribution in [0.1, 0.15) is 11.1 Å². The van der Waals surface area contributed by atoms with Crippen molar-refractivity contribution in [3.05, 3.63) is 65.7 Å². The molecule has 1 heterocycles. The number of rotatable bonds is 8. The van der Waals surface area contributed by atoms with Crippen molar-refractivity contribution in [3.63, 3.8) is 0 Å². The minimum absolute atomic E-state index is 0.0415. The molecule has 0 unspecified atom stereocenters. The molecule has 0 saturated carbocycles. The molecule has 136 valence electrons. The maximum Gasteiger partial charge on any atom is 0.297 e. The van der Waals surface area contributed by atoms with Gasteiger partial charge in [-0.15, -0.1) is 5.10 Å². The molecular weight excluding hydrogens is 372 g/mol. The molecule has 0 saturated heterocycles. The van der Waals surface area contributed by atoms with E-state index in [1.807, 2.05) is 37.3 Å². The lowest BCUT2D eigenvalue weighted by Gasteiger charge is -2.07. The zero-order valence-corrected chi connectivity index (χ0v) is 15.8. The van der Waals surface area contributed by atoms with Gasteiger partial charge in [-0.1, -0.05) is 59.8 Å². The minimum Gasteiger partial charge on any atom is -0.264 e. The fourth-order valence-electron chi connectivity index (χ4n) is 2.17. The van der Waals surface area contributed by atoms with E-state index in [2.05, 4.69) is 15.5 Å². The first kappa shape index (κ1) is 18.6. The quantitative estimate of drug-likeness (QED) is 0.432. The molecule has 9 heteroatoms. The Balaban J connectivity index is 1.55. The van der Waals surface area contributed by atoms with Crippen molar-refractivity contribution in [1.29, 1.82) is 0 Å². The summed E-state index contributed by atoms with van der Waals surface area (Å²) in [6, 6.07) is 16.5. The van der Waals surface area contributed by atoms with Crippen LogP contribution >= 0.6 is 11.8 Å². The van der Waals surface area contributed by atoms with Gasteiger partial charge in [0.05, 0.1) is 18.0 Å². The summed E-state index contributed by atoms with van der Waals surface area (Å²) in [4.78, 5) is 0.137. The van der Waals surface area contributed by atoms with Crippen molar-refractivity contribution in [2.24, 2.45) is 0 Å². The highest BCUT2D eigenvalue weighted by atomic mass is 32.2. The van der Waals surface area contributed by atoms with Crippen LogP contribution in [0.2, 0.25) is 0 Å². The molecular formula is C17H18N4O3S2. The maximum absolute atomic E-state index is 12.2.